The topological polar surface area (TPSA) is 131 Å². The van der Waals surface area contributed by atoms with E-state index in [1.165, 1.54) is 44.2 Å². The largest absolute Gasteiger partial charge is 0.497 e. The SMILES string of the molecule is C=CCn1c(SCC(=O)Nc2cc(C(=O)OC)cc(C(=O)OC)c2)nnc1C(C)Oc1ccc(OC)cc1. The molecule has 0 bridgehead atoms. The molecule has 0 aliphatic heterocycles. The van der Waals surface area contributed by atoms with Crippen LogP contribution in [-0.4, -0.2) is 59.7 Å². The van der Waals surface area contributed by atoms with Gasteiger partial charge in [-0.1, -0.05) is 17.8 Å². The summed E-state index contributed by atoms with van der Waals surface area (Å²) in [4.78, 5) is 36.7. The quantitative estimate of drug-likeness (QED) is 0.205. The average Bonchev–Trinajstić information content (AvgIpc) is 3.33. The number of ether oxygens (including phenoxy) is 4. The van der Waals surface area contributed by atoms with Gasteiger partial charge in [0.25, 0.3) is 0 Å². The first-order valence-corrected chi connectivity index (χ1v) is 12.4. The van der Waals surface area contributed by atoms with Crippen molar-refractivity contribution in [2.75, 3.05) is 32.4 Å². The molecular formula is C26H28N4O7S. The van der Waals surface area contributed by atoms with Gasteiger partial charge in [0.05, 0.1) is 38.2 Å². The summed E-state index contributed by atoms with van der Waals surface area (Å²) in [5.74, 6) is 0.213. The molecule has 2 aromatic carbocycles. The molecule has 38 heavy (non-hydrogen) atoms. The number of aromatic nitrogens is 3. The number of hydrogen-bond donors (Lipinski definition) is 1. The molecule has 1 amide bonds. The number of carbonyl (C=O) groups is 3. The second kappa shape index (κ2) is 13.3. The predicted molar refractivity (Wildman–Crippen MR) is 141 cm³/mol. The lowest BCUT2D eigenvalue weighted by molar-refractivity contribution is -0.113. The Bertz CT molecular complexity index is 1270. The predicted octanol–water partition coefficient (Wildman–Crippen LogP) is 3.92. The van der Waals surface area contributed by atoms with E-state index in [1.54, 1.807) is 37.5 Å². The van der Waals surface area contributed by atoms with E-state index in [-0.39, 0.29) is 28.5 Å². The number of nitrogens with zero attached hydrogens (tertiary/aromatic N) is 3. The Labute approximate surface area is 224 Å². The first-order chi connectivity index (χ1) is 18.3. The molecule has 1 aromatic heterocycles. The highest BCUT2D eigenvalue weighted by Crippen LogP contribution is 2.26. The number of hydrogen-bond acceptors (Lipinski definition) is 10. The van der Waals surface area contributed by atoms with E-state index >= 15 is 0 Å². The number of nitrogens with one attached hydrogen (secondary N) is 1. The molecule has 3 aromatic rings. The van der Waals surface area contributed by atoms with E-state index in [1.807, 2.05) is 11.5 Å². The van der Waals surface area contributed by atoms with Crippen LogP contribution in [0, 0.1) is 0 Å². The van der Waals surface area contributed by atoms with Crippen molar-refractivity contribution >= 4 is 35.3 Å². The van der Waals surface area contributed by atoms with Crippen LogP contribution in [0.4, 0.5) is 5.69 Å². The minimum Gasteiger partial charge on any atom is -0.497 e. The second-order valence-corrected chi connectivity index (χ2v) is 8.74. The Morgan fingerprint density at radius 2 is 1.61 bits per heavy atom. The highest BCUT2D eigenvalue weighted by atomic mass is 32.2. The molecule has 0 aliphatic rings. The highest BCUT2D eigenvalue weighted by Gasteiger charge is 2.20. The number of carbonyl (C=O) groups excluding carboxylic acids is 3. The first-order valence-electron chi connectivity index (χ1n) is 11.4. The zero-order valence-corrected chi connectivity index (χ0v) is 22.2. The maximum absolute atomic E-state index is 12.7. The summed E-state index contributed by atoms with van der Waals surface area (Å²) in [6, 6.07) is 11.3. The molecule has 3 rings (SSSR count). The number of benzene rings is 2. The van der Waals surface area contributed by atoms with E-state index < -0.39 is 18.0 Å². The molecule has 0 spiro atoms. The normalized spacial score (nSPS) is 11.3. The highest BCUT2D eigenvalue weighted by molar-refractivity contribution is 7.99. The van der Waals surface area contributed by atoms with Crippen molar-refractivity contribution in [3.8, 4) is 11.5 Å². The summed E-state index contributed by atoms with van der Waals surface area (Å²) in [6.07, 6.45) is 1.26. The van der Waals surface area contributed by atoms with Crippen molar-refractivity contribution in [1.82, 2.24) is 14.8 Å². The van der Waals surface area contributed by atoms with Gasteiger partial charge in [0.15, 0.2) is 17.1 Å². The molecular weight excluding hydrogens is 512 g/mol. The molecule has 0 saturated heterocycles. The van der Waals surface area contributed by atoms with Crippen LogP contribution in [0.15, 0.2) is 60.3 Å². The van der Waals surface area contributed by atoms with Gasteiger partial charge in [0, 0.05) is 12.2 Å². The van der Waals surface area contributed by atoms with E-state index in [9.17, 15) is 14.4 Å². The summed E-state index contributed by atoms with van der Waals surface area (Å²) < 4.78 is 22.4. The van der Waals surface area contributed by atoms with Gasteiger partial charge in [-0.3, -0.25) is 9.36 Å². The first kappa shape index (κ1) is 28.3. The maximum atomic E-state index is 12.7. The van der Waals surface area contributed by atoms with Crippen LogP contribution >= 0.6 is 11.8 Å². The Kier molecular flexibility index (Phi) is 9.88. The van der Waals surface area contributed by atoms with Gasteiger partial charge in [0.2, 0.25) is 5.91 Å². The van der Waals surface area contributed by atoms with E-state index in [4.69, 9.17) is 18.9 Å². The van der Waals surface area contributed by atoms with Gasteiger partial charge in [-0.2, -0.15) is 0 Å². The number of thioether (sulfide) groups is 1. The minimum atomic E-state index is -0.656. The van der Waals surface area contributed by atoms with Crippen LogP contribution in [0.5, 0.6) is 11.5 Å². The van der Waals surface area contributed by atoms with Gasteiger partial charge in [-0.25, -0.2) is 9.59 Å². The Hall–Kier alpha value is -4.32. The number of esters is 2. The van der Waals surface area contributed by atoms with Gasteiger partial charge in [-0.15, -0.1) is 16.8 Å². The van der Waals surface area contributed by atoms with E-state index in [0.29, 0.717) is 23.3 Å². The number of amides is 1. The van der Waals surface area contributed by atoms with Crippen LogP contribution in [0.3, 0.4) is 0 Å². The third-order valence-corrected chi connectivity index (χ3v) is 6.15. The standard InChI is InChI=1S/C26H28N4O7S/c1-6-11-30-23(16(2)37-21-9-7-20(34-3)8-10-21)28-29-26(30)38-15-22(31)27-19-13-17(24(32)35-4)12-18(14-19)25(33)36-5/h6-10,12-14,16H,1,11,15H2,2-5H3,(H,27,31). The van der Waals surface area contributed by atoms with Crippen molar-refractivity contribution in [3.63, 3.8) is 0 Å². The van der Waals surface area contributed by atoms with Crippen LogP contribution in [0.1, 0.15) is 39.6 Å². The van der Waals surface area contributed by atoms with Crippen LogP contribution in [-0.2, 0) is 20.8 Å². The summed E-state index contributed by atoms with van der Waals surface area (Å²) in [6.45, 7) is 6.05. The maximum Gasteiger partial charge on any atom is 0.337 e. The summed E-state index contributed by atoms with van der Waals surface area (Å²) in [5.41, 5.74) is 0.438. The zero-order valence-electron chi connectivity index (χ0n) is 21.4. The fourth-order valence-corrected chi connectivity index (χ4v) is 4.17. The van der Waals surface area contributed by atoms with E-state index in [0.717, 1.165) is 5.75 Å². The fraction of sp³-hybridized carbons (Fsp3) is 0.269. The third-order valence-electron chi connectivity index (χ3n) is 5.18. The van der Waals surface area contributed by atoms with Crippen LogP contribution in [0.2, 0.25) is 0 Å². The third kappa shape index (κ3) is 7.13. The molecule has 0 radical (unpaired) electrons. The molecule has 1 unspecified atom stereocenters. The van der Waals surface area contributed by atoms with Crippen LogP contribution in [0.25, 0.3) is 0 Å². The number of allylic oxidation sites excluding steroid dienone is 1. The Morgan fingerprint density at radius 3 is 2.16 bits per heavy atom. The number of anilines is 1. The zero-order chi connectivity index (χ0) is 27.7. The minimum absolute atomic E-state index is 0.0149. The summed E-state index contributed by atoms with van der Waals surface area (Å²) >= 11 is 1.17. The Balaban J connectivity index is 1.71. The molecule has 200 valence electrons. The second-order valence-electron chi connectivity index (χ2n) is 7.79. The lowest BCUT2D eigenvalue weighted by atomic mass is 10.1. The summed E-state index contributed by atoms with van der Waals surface area (Å²) in [5, 5.41) is 11.7. The van der Waals surface area contributed by atoms with E-state index in [2.05, 4.69) is 22.1 Å². The van der Waals surface area contributed by atoms with Crippen molar-refractivity contribution in [2.24, 2.45) is 0 Å². The molecule has 1 atom stereocenters. The molecule has 1 N–H and O–H groups in total. The van der Waals surface area contributed by atoms with Crippen molar-refractivity contribution in [2.45, 2.75) is 24.7 Å². The van der Waals surface area contributed by atoms with Crippen molar-refractivity contribution in [3.05, 3.63) is 72.1 Å². The average molecular weight is 541 g/mol. The monoisotopic (exact) mass is 540 g/mol. The van der Waals surface area contributed by atoms with Gasteiger partial charge in [-0.05, 0) is 49.4 Å². The van der Waals surface area contributed by atoms with Crippen molar-refractivity contribution in [1.29, 1.82) is 0 Å². The fourth-order valence-electron chi connectivity index (χ4n) is 3.42. The molecule has 0 saturated carbocycles. The summed E-state index contributed by atoms with van der Waals surface area (Å²) in [7, 11) is 4.03. The lowest BCUT2D eigenvalue weighted by Crippen LogP contribution is -2.17. The van der Waals surface area contributed by atoms with Crippen molar-refractivity contribution < 1.29 is 33.3 Å². The number of methoxy groups -OCH3 is 3. The van der Waals surface area contributed by atoms with Crippen LogP contribution < -0.4 is 14.8 Å². The smallest absolute Gasteiger partial charge is 0.337 e. The molecule has 0 fully saturated rings. The lowest BCUT2D eigenvalue weighted by Gasteiger charge is -2.16. The number of rotatable bonds is 12. The molecule has 1 heterocycles. The molecule has 0 aliphatic carbocycles. The molecule has 11 nitrogen and oxygen atoms in total. The Morgan fingerprint density at radius 1 is 1.00 bits per heavy atom. The van der Waals surface area contributed by atoms with Gasteiger partial charge >= 0.3 is 11.9 Å². The van der Waals surface area contributed by atoms with Gasteiger partial charge in [0.1, 0.15) is 11.5 Å². The van der Waals surface area contributed by atoms with Gasteiger partial charge < -0.3 is 24.3 Å². The molecule has 12 heteroatoms.